The number of hydrogen-bond acceptors (Lipinski definition) is 6. The van der Waals surface area contributed by atoms with Crippen LogP contribution in [0.15, 0.2) is 48.6 Å². The van der Waals surface area contributed by atoms with Crippen LogP contribution in [0.1, 0.15) is 97.3 Å². The molecule has 2 unspecified atom stereocenters. The average molecular weight is 593 g/mol. The Labute approximate surface area is 255 Å². The highest BCUT2D eigenvalue weighted by Gasteiger charge is 2.31. The van der Waals surface area contributed by atoms with Crippen LogP contribution in [0.25, 0.3) is 0 Å². The second-order valence-corrected chi connectivity index (χ2v) is 11.3. The second-order valence-electron chi connectivity index (χ2n) is 11.3. The van der Waals surface area contributed by atoms with Crippen LogP contribution in [0.4, 0.5) is 0 Å². The van der Waals surface area contributed by atoms with E-state index in [0.29, 0.717) is 19.3 Å². The monoisotopic (exact) mass is 592 g/mol. The van der Waals surface area contributed by atoms with E-state index in [2.05, 4.69) is 56.4 Å². The Morgan fingerprint density at radius 1 is 0.738 bits per heavy atom. The maximum Gasteiger partial charge on any atom is 0.362 e. The van der Waals surface area contributed by atoms with Crippen LogP contribution < -0.4 is 0 Å². The molecule has 0 rings (SSSR count). The highest BCUT2D eigenvalue weighted by Crippen LogP contribution is 2.10. The first kappa shape index (κ1) is 39.3. The van der Waals surface area contributed by atoms with Crippen LogP contribution in [-0.2, 0) is 28.6 Å². The molecule has 0 radical (unpaired) electrons. The third kappa shape index (κ3) is 23.9. The fraction of sp³-hybridized carbons (Fsp3) is 0.676. The van der Waals surface area contributed by atoms with Gasteiger partial charge < -0.3 is 23.8 Å². The molecule has 0 aromatic carbocycles. The van der Waals surface area contributed by atoms with Gasteiger partial charge in [0.15, 0.2) is 12.1 Å². The molecule has 0 aromatic heterocycles. The first-order chi connectivity index (χ1) is 20.1. The zero-order valence-electron chi connectivity index (χ0n) is 26.9. The summed E-state index contributed by atoms with van der Waals surface area (Å²) >= 11 is 0. The summed E-state index contributed by atoms with van der Waals surface area (Å²) in [4.78, 5) is 36.3. The number of likely N-dealkylation sites (N-methyl/N-ethyl adjacent to an activating group) is 1. The smallest absolute Gasteiger partial charge is 0.362 e. The van der Waals surface area contributed by atoms with Crippen LogP contribution >= 0.6 is 0 Å². The molecule has 0 heterocycles. The van der Waals surface area contributed by atoms with E-state index in [-0.39, 0.29) is 49.1 Å². The van der Waals surface area contributed by atoms with E-state index in [1.54, 1.807) is 0 Å². The minimum absolute atomic E-state index is 0.0276. The maximum atomic E-state index is 12.4. The molecule has 8 heteroatoms. The fourth-order valence-electron chi connectivity index (χ4n) is 4.01. The topological polar surface area (TPSA) is 99.1 Å². The van der Waals surface area contributed by atoms with Crippen molar-refractivity contribution < 1.29 is 38.2 Å². The summed E-state index contributed by atoms with van der Waals surface area (Å²) in [5.41, 5.74) is 0. The summed E-state index contributed by atoms with van der Waals surface area (Å²) in [6.07, 6.45) is 26.3. The molecule has 0 spiro atoms. The molecule has 0 bridgehead atoms. The SMILES string of the molecule is CC/C=C/C/C=C/C/C=C/CCCC(=O)OCC(COCCC(C(=O)O)[N+](C)(C)C)OC(=O)CC/C=C/CCCCC. The van der Waals surface area contributed by atoms with Gasteiger partial charge >= 0.3 is 17.9 Å². The number of ether oxygens (including phenoxy) is 3. The van der Waals surface area contributed by atoms with Crippen molar-refractivity contribution in [3.63, 3.8) is 0 Å². The molecule has 1 N–H and O–H groups in total. The lowest BCUT2D eigenvalue weighted by atomic mass is 10.1. The summed E-state index contributed by atoms with van der Waals surface area (Å²) in [5, 5.41) is 9.51. The van der Waals surface area contributed by atoms with Crippen molar-refractivity contribution in [2.75, 3.05) is 41.0 Å². The number of hydrogen-bond donors (Lipinski definition) is 1. The Kier molecular flexibility index (Phi) is 24.3. The first-order valence-electron chi connectivity index (χ1n) is 15.7. The quantitative estimate of drug-likeness (QED) is 0.0502. The van der Waals surface area contributed by atoms with Gasteiger partial charge in [-0.1, -0.05) is 75.3 Å². The van der Waals surface area contributed by atoms with Crippen molar-refractivity contribution in [2.45, 2.75) is 109 Å². The van der Waals surface area contributed by atoms with Gasteiger partial charge in [0.2, 0.25) is 0 Å². The van der Waals surface area contributed by atoms with E-state index in [1.807, 2.05) is 27.2 Å². The van der Waals surface area contributed by atoms with Gasteiger partial charge in [0.25, 0.3) is 0 Å². The number of carbonyl (C=O) groups excluding carboxylic acids is 2. The number of carboxylic acids is 1. The first-order valence-corrected chi connectivity index (χ1v) is 15.7. The summed E-state index contributed by atoms with van der Waals surface area (Å²) < 4.78 is 16.9. The second kappa shape index (κ2) is 26.0. The van der Waals surface area contributed by atoms with Gasteiger partial charge in [0.1, 0.15) is 6.61 Å². The summed E-state index contributed by atoms with van der Waals surface area (Å²) in [5.74, 6) is -1.62. The number of rotatable bonds is 26. The van der Waals surface area contributed by atoms with E-state index >= 15 is 0 Å². The molecule has 42 heavy (non-hydrogen) atoms. The van der Waals surface area contributed by atoms with E-state index < -0.39 is 18.1 Å². The number of nitrogens with zero attached hydrogens (tertiary/aromatic N) is 1. The number of esters is 2. The van der Waals surface area contributed by atoms with E-state index in [4.69, 9.17) is 14.2 Å². The van der Waals surface area contributed by atoms with Gasteiger partial charge in [-0.15, -0.1) is 0 Å². The number of aliphatic carboxylic acids is 1. The predicted molar refractivity (Wildman–Crippen MR) is 169 cm³/mol. The van der Waals surface area contributed by atoms with Crippen LogP contribution in [0.2, 0.25) is 0 Å². The van der Waals surface area contributed by atoms with Crippen molar-refractivity contribution in [2.24, 2.45) is 0 Å². The lowest BCUT2D eigenvalue weighted by molar-refractivity contribution is -0.887. The van der Waals surface area contributed by atoms with Crippen LogP contribution in [0, 0.1) is 0 Å². The molecule has 0 saturated carbocycles. The number of unbranched alkanes of at least 4 members (excludes halogenated alkanes) is 4. The summed E-state index contributed by atoms with van der Waals surface area (Å²) in [6, 6.07) is -0.624. The lowest BCUT2D eigenvalue weighted by Crippen LogP contribution is -2.50. The zero-order chi connectivity index (χ0) is 31.5. The molecule has 0 aliphatic heterocycles. The van der Waals surface area contributed by atoms with Gasteiger partial charge in [-0.25, -0.2) is 4.79 Å². The van der Waals surface area contributed by atoms with Crippen molar-refractivity contribution in [1.82, 2.24) is 0 Å². The fourth-order valence-corrected chi connectivity index (χ4v) is 4.01. The molecule has 2 atom stereocenters. The van der Waals surface area contributed by atoms with Crippen molar-refractivity contribution in [3.8, 4) is 0 Å². The minimum Gasteiger partial charge on any atom is -0.477 e. The molecule has 0 fully saturated rings. The maximum absolute atomic E-state index is 12.4. The molecule has 0 saturated heterocycles. The lowest BCUT2D eigenvalue weighted by Gasteiger charge is -2.31. The third-order valence-corrected chi connectivity index (χ3v) is 6.48. The van der Waals surface area contributed by atoms with Crippen LogP contribution in [0.5, 0.6) is 0 Å². The predicted octanol–water partition coefficient (Wildman–Crippen LogP) is 6.95. The molecule has 8 nitrogen and oxygen atoms in total. The average Bonchev–Trinajstić information content (AvgIpc) is 2.92. The molecule has 0 aromatic rings. The minimum atomic E-state index is -0.892. The molecule has 0 aliphatic rings. The Bertz CT molecular complexity index is 839. The Morgan fingerprint density at radius 3 is 2.00 bits per heavy atom. The molecule has 240 valence electrons. The standard InChI is InChI=1S/C34H57NO7/c1-6-8-10-12-14-15-16-17-19-20-22-24-32(36)41-29-30(28-40-27-26-31(34(38)39)35(3,4)5)42-33(37)25-23-21-18-13-11-9-7-2/h8,10,14-15,17-19,21,30-31H,6-7,9,11-13,16,20,22-29H2,1-5H3/p+1/b10-8+,15-14+,19-17+,21-18+. The molecular weight excluding hydrogens is 534 g/mol. The Balaban J connectivity index is 4.63. The van der Waals surface area contributed by atoms with Gasteiger partial charge in [-0.2, -0.15) is 0 Å². The third-order valence-electron chi connectivity index (χ3n) is 6.48. The molecular formula is C34H58NO7+. The van der Waals surface area contributed by atoms with Gasteiger partial charge in [0, 0.05) is 19.3 Å². The summed E-state index contributed by atoms with van der Waals surface area (Å²) in [7, 11) is 5.46. The van der Waals surface area contributed by atoms with E-state index in [9.17, 15) is 19.5 Å². The Morgan fingerprint density at radius 2 is 1.36 bits per heavy atom. The number of quaternary nitrogens is 1. The van der Waals surface area contributed by atoms with Gasteiger partial charge in [0.05, 0.1) is 34.4 Å². The Hall–Kier alpha value is -2.71. The van der Waals surface area contributed by atoms with Crippen molar-refractivity contribution in [1.29, 1.82) is 0 Å². The molecule has 0 amide bonds. The van der Waals surface area contributed by atoms with Gasteiger partial charge in [-0.05, 0) is 51.4 Å². The summed E-state index contributed by atoms with van der Waals surface area (Å²) in [6.45, 7) is 4.40. The van der Waals surface area contributed by atoms with Crippen LogP contribution in [0.3, 0.4) is 0 Å². The van der Waals surface area contributed by atoms with E-state index in [0.717, 1.165) is 38.5 Å². The van der Waals surface area contributed by atoms with Crippen molar-refractivity contribution in [3.05, 3.63) is 48.6 Å². The normalized spacial score (nSPS) is 13.8. The number of carbonyl (C=O) groups is 3. The van der Waals surface area contributed by atoms with Crippen molar-refractivity contribution >= 4 is 17.9 Å². The van der Waals surface area contributed by atoms with Gasteiger partial charge in [-0.3, -0.25) is 9.59 Å². The largest absolute Gasteiger partial charge is 0.477 e. The highest BCUT2D eigenvalue weighted by molar-refractivity contribution is 5.72. The van der Waals surface area contributed by atoms with E-state index in [1.165, 1.54) is 12.8 Å². The number of allylic oxidation sites excluding steroid dienone is 8. The molecule has 0 aliphatic carbocycles. The van der Waals surface area contributed by atoms with Crippen LogP contribution in [-0.4, -0.2) is 80.6 Å². The zero-order valence-corrected chi connectivity index (χ0v) is 26.9. The number of carboxylic acid groups (broad SMARTS) is 1. The highest BCUT2D eigenvalue weighted by atomic mass is 16.6.